The molecule has 1 aliphatic rings. The number of aromatic nitrogens is 2. The Morgan fingerprint density at radius 3 is 2.61 bits per heavy atom. The Balaban J connectivity index is 1.87. The molecule has 1 aromatic heterocycles. The van der Waals surface area contributed by atoms with Gasteiger partial charge in [0.15, 0.2) is 5.82 Å². The summed E-state index contributed by atoms with van der Waals surface area (Å²) < 4.78 is 5.23. The van der Waals surface area contributed by atoms with Gasteiger partial charge >= 0.3 is 6.01 Å². The van der Waals surface area contributed by atoms with E-state index in [4.69, 9.17) is 4.52 Å². The molecular weight excluding hydrogens is 226 g/mol. The molecule has 1 fully saturated rings. The van der Waals surface area contributed by atoms with Gasteiger partial charge in [0.1, 0.15) is 0 Å². The summed E-state index contributed by atoms with van der Waals surface area (Å²) in [4.78, 5) is 4.46. The molecule has 0 saturated heterocycles. The average Bonchev–Trinajstić information content (AvgIpc) is 2.78. The SMILES string of the molecule is CCCC1CCC(c2noc(NC(C)C)n2)CC1. The fraction of sp³-hybridized carbons (Fsp3) is 0.857. The van der Waals surface area contributed by atoms with Crippen molar-refractivity contribution >= 4 is 6.01 Å². The van der Waals surface area contributed by atoms with E-state index in [2.05, 4.69) is 36.2 Å². The van der Waals surface area contributed by atoms with Crippen molar-refractivity contribution in [3.8, 4) is 0 Å². The molecule has 4 nitrogen and oxygen atoms in total. The maximum absolute atomic E-state index is 5.23. The third kappa shape index (κ3) is 3.47. The highest BCUT2D eigenvalue weighted by atomic mass is 16.5. The minimum Gasteiger partial charge on any atom is -0.336 e. The van der Waals surface area contributed by atoms with Crippen molar-refractivity contribution in [3.05, 3.63) is 5.82 Å². The summed E-state index contributed by atoms with van der Waals surface area (Å²) in [6.45, 7) is 6.41. The van der Waals surface area contributed by atoms with Crippen LogP contribution in [0.5, 0.6) is 0 Å². The summed E-state index contributed by atoms with van der Waals surface area (Å²) >= 11 is 0. The number of hydrogen-bond donors (Lipinski definition) is 1. The minimum atomic E-state index is 0.332. The molecule has 1 heterocycles. The van der Waals surface area contributed by atoms with Crippen molar-refractivity contribution in [1.82, 2.24) is 10.1 Å². The molecule has 0 unspecified atom stereocenters. The van der Waals surface area contributed by atoms with E-state index in [9.17, 15) is 0 Å². The first kappa shape index (κ1) is 13.4. The van der Waals surface area contributed by atoms with Gasteiger partial charge in [0.25, 0.3) is 0 Å². The first-order chi connectivity index (χ1) is 8.69. The summed E-state index contributed by atoms with van der Waals surface area (Å²) in [5.74, 6) is 2.32. The molecule has 0 radical (unpaired) electrons. The second-order valence-electron chi connectivity index (χ2n) is 5.76. The normalized spacial score (nSPS) is 24.4. The Morgan fingerprint density at radius 2 is 2.00 bits per heavy atom. The van der Waals surface area contributed by atoms with E-state index in [0.717, 1.165) is 11.7 Å². The lowest BCUT2D eigenvalue weighted by molar-refractivity contribution is 0.296. The molecule has 0 bridgehead atoms. The number of rotatable bonds is 5. The van der Waals surface area contributed by atoms with Crippen molar-refractivity contribution in [2.24, 2.45) is 5.92 Å². The molecule has 1 saturated carbocycles. The highest BCUT2D eigenvalue weighted by Gasteiger charge is 2.25. The van der Waals surface area contributed by atoms with Crippen LogP contribution in [0, 0.1) is 5.92 Å². The lowest BCUT2D eigenvalue weighted by Gasteiger charge is -2.26. The maximum atomic E-state index is 5.23. The van der Waals surface area contributed by atoms with Gasteiger partial charge in [-0.2, -0.15) is 4.98 Å². The van der Waals surface area contributed by atoms with E-state index in [1.54, 1.807) is 0 Å². The molecule has 1 aromatic rings. The molecule has 0 aliphatic heterocycles. The molecule has 0 amide bonds. The number of anilines is 1. The largest absolute Gasteiger partial charge is 0.336 e. The van der Waals surface area contributed by atoms with Gasteiger partial charge in [-0.15, -0.1) is 0 Å². The van der Waals surface area contributed by atoms with Crippen LogP contribution in [0.1, 0.15) is 71.0 Å². The smallest absolute Gasteiger partial charge is 0.321 e. The molecule has 2 rings (SSSR count). The summed E-state index contributed by atoms with van der Waals surface area (Å²) in [6.07, 6.45) is 7.75. The van der Waals surface area contributed by atoms with E-state index < -0.39 is 0 Å². The van der Waals surface area contributed by atoms with Gasteiger partial charge in [-0.05, 0) is 45.4 Å². The Hall–Kier alpha value is -1.06. The number of nitrogens with one attached hydrogen (secondary N) is 1. The quantitative estimate of drug-likeness (QED) is 0.860. The zero-order valence-corrected chi connectivity index (χ0v) is 11.8. The summed E-state index contributed by atoms with van der Waals surface area (Å²) in [6, 6.07) is 0.897. The van der Waals surface area contributed by atoms with Gasteiger partial charge in [0, 0.05) is 12.0 Å². The van der Waals surface area contributed by atoms with Crippen LogP contribution < -0.4 is 5.32 Å². The molecular formula is C14H25N3O. The highest BCUT2D eigenvalue weighted by Crippen LogP contribution is 2.36. The fourth-order valence-corrected chi connectivity index (χ4v) is 2.82. The van der Waals surface area contributed by atoms with E-state index in [1.165, 1.54) is 38.5 Å². The number of nitrogens with zero attached hydrogens (tertiary/aromatic N) is 2. The van der Waals surface area contributed by atoms with Crippen LogP contribution in [0.15, 0.2) is 4.52 Å². The molecule has 4 heteroatoms. The zero-order valence-electron chi connectivity index (χ0n) is 11.8. The Kier molecular flexibility index (Phi) is 4.61. The van der Waals surface area contributed by atoms with Gasteiger partial charge in [-0.25, -0.2) is 0 Å². The molecule has 0 spiro atoms. The van der Waals surface area contributed by atoms with E-state index in [0.29, 0.717) is 18.0 Å². The molecule has 0 aromatic carbocycles. The molecule has 1 N–H and O–H groups in total. The molecule has 1 aliphatic carbocycles. The predicted molar refractivity (Wildman–Crippen MR) is 72.7 cm³/mol. The third-order valence-electron chi connectivity index (χ3n) is 3.76. The van der Waals surface area contributed by atoms with Crippen molar-refractivity contribution in [3.63, 3.8) is 0 Å². The van der Waals surface area contributed by atoms with Crippen LogP contribution in [0.2, 0.25) is 0 Å². The zero-order chi connectivity index (χ0) is 13.0. The monoisotopic (exact) mass is 251 g/mol. The van der Waals surface area contributed by atoms with Gasteiger partial charge in [-0.1, -0.05) is 24.9 Å². The summed E-state index contributed by atoms with van der Waals surface area (Å²) in [5, 5.41) is 7.27. The topological polar surface area (TPSA) is 51.0 Å². The summed E-state index contributed by atoms with van der Waals surface area (Å²) in [7, 11) is 0. The second-order valence-corrected chi connectivity index (χ2v) is 5.76. The van der Waals surface area contributed by atoms with Gasteiger partial charge in [0.2, 0.25) is 0 Å². The molecule has 102 valence electrons. The van der Waals surface area contributed by atoms with E-state index in [1.807, 2.05) is 0 Å². The maximum Gasteiger partial charge on any atom is 0.321 e. The Morgan fingerprint density at radius 1 is 1.28 bits per heavy atom. The van der Waals surface area contributed by atoms with Crippen LogP contribution in [0.3, 0.4) is 0 Å². The Labute approximate surface area is 110 Å². The van der Waals surface area contributed by atoms with Crippen LogP contribution >= 0.6 is 0 Å². The van der Waals surface area contributed by atoms with Crippen molar-refractivity contribution in [2.75, 3.05) is 5.32 Å². The lowest BCUT2D eigenvalue weighted by atomic mass is 9.80. The molecule has 0 atom stereocenters. The third-order valence-corrected chi connectivity index (χ3v) is 3.76. The molecule has 18 heavy (non-hydrogen) atoms. The van der Waals surface area contributed by atoms with Crippen molar-refractivity contribution in [2.45, 2.75) is 71.3 Å². The lowest BCUT2D eigenvalue weighted by Crippen LogP contribution is -2.14. The van der Waals surface area contributed by atoms with E-state index in [-0.39, 0.29) is 0 Å². The van der Waals surface area contributed by atoms with Crippen LogP contribution in [-0.4, -0.2) is 16.2 Å². The highest BCUT2D eigenvalue weighted by molar-refractivity contribution is 5.20. The van der Waals surface area contributed by atoms with Crippen LogP contribution in [0.4, 0.5) is 6.01 Å². The van der Waals surface area contributed by atoms with Gasteiger partial charge < -0.3 is 9.84 Å². The first-order valence-corrected chi connectivity index (χ1v) is 7.29. The summed E-state index contributed by atoms with van der Waals surface area (Å²) in [5.41, 5.74) is 0. The first-order valence-electron chi connectivity index (χ1n) is 7.29. The second kappa shape index (κ2) is 6.21. The Bertz CT molecular complexity index is 354. The predicted octanol–water partition coefficient (Wildman–Crippen LogP) is 3.96. The average molecular weight is 251 g/mol. The van der Waals surface area contributed by atoms with Crippen molar-refractivity contribution < 1.29 is 4.52 Å². The standard InChI is InChI=1S/C14H25N3O/c1-4-5-11-6-8-12(9-7-11)13-16-14(18-17-13)15-10(2)3/h10-12H,4-9H2,1-3H3,(H,15,16,17). The van der Waals surface area contributed by atoms with Crippen molar-refractivity contribution in [1.29, 1.82) is 0 Å². The van der Waals surface area contributed by atoms with E-state index >= 15 is 0 Å². The minimum absolute atomic E-state index is 0.332. The fourth-order valence-electron chi connectivity index (χ4n) is 2.82. The number of hydrogen-bond acceptors (Lipinski definition) is 4. The van der Waals surface area contributed by atoms with Crippen LogP contribution in [-0.2, 0) is 0 Å². The van der Waals surface area contributed by atoms with Gasteiger partial charge in [-0.3, -0.25) is 0 Å². The van der Waals surface area contributed by atoms with Crippen LogP contribution in [0.25, 0.3) is 0 Å². The van der Waals surface area contributed by atoms with Gasteiger partial charge in [0.05, 0.1) is 0 Å².